The molecule has 21 heavy (non-hydrogen) atoms. The molecule has 1 aliphatic heterocycles. The lowest BCUT2D eigenvalue weighted by Gasteiger charge is -2.19. The van der Waals surface area contributed by atoms with Crippen LogP contribution in [-0.2, 0) is 4.74 Å². The van der Waals surface area contributed by atoms with Gasteiger partial charge in [0, 0.05) is 46.0 Å². The van der Waals surface area contributed by atoms with Gasteiger partial charge < -0.3 is 20.3 Å². The second-order valence-electron chi connectivity index (χ2n) is 5.31. The number of aliphatic imine (C=N–C) groups is 1. The highest BCUT2D eigenvalue weighted by molar-refractivity contribution is 5.79. The highest BCUT2D eigenvalue weighted by atomic mass is 16.5. The fraction of sp³-hybridized carbons (Fsp3) is 0.562. The van der Waals surface area contributed by atoms with Crippen molar-refractivity contribution in [2.75, 3.05) is 51.8 Å². The van der Waals surface area contributed by atoms with E-state index in [0.29, 0.717) is 12.5 Å². The van der Waals surface area contributed by atoms with Crippen molar-refractivity contribution in [1.29, 1.82) is 0 Å². The number of anilines is 1. The van der Waals surface area contributed by atoms with Crippen molar-refractivity contribution in [2.45, 2.75) is 6.42 Å². The third-order valence-corrected chi connectivity index (χ3v) is 3.79. The number of nitrogens with zero attached hydrogens (tertiary/aromatic N) is 2. The molecular formula is C16H26N4O. The molecule has 1 heterocycles. The van der Waals surface area contributed by atoms with Gasteiger partial charge >= 0.3 is 0 Å². The van der Waals surface area contributed by atoms with E-state index in [1.165, 1.54) is 12.1 Å². The number of hydrogen-bond acceptors (Lipinski definition) is 3. The maximum absolute atomic E-state index is 5.03. The molecule has 0 aliphatic carbocycles. The Hall–Kier alpha value is -1.75. The second-order valence-corrected chi connectivity index (χ2v) is 5.31. The molecular weight excluding hydrogens is 264 g/mol. The molecule has 1 aliphatic rings. The zero-order valence-corrected chi connectivity index (χ0v) is 13.0. The van der Waals surface area contributed by atoms with Crippen LogP contribution in [0.2, 0.25) is 0 Å². The van der Waals surface area contributed by atoms with Gasteiger partial charge in [0.2, 0.25) is 0 Å². The molecule has 1 atom stereocenters. The van der Waals surface area contributed by atoms with Crippen LogP contribution in [0.4, 0.5) is 5.69 Å². The highest BCUT2D eigenvalue weighted by Crippen LogP contribution is 2.22. The van der Waals surface area contributed by atoms with E-state index >= 15 is 0 Å². The monoisotopic (exact) mass is 290 g/mol. The normalized spacial score (nSPS) is 18.9. The van der Waals surface area contributed by atoms with Crippen LogP contribution in [0.3, 0.4) is 0 Å². The molecule has 116 valence electrons. The lowest BCUT2D eigenvalue weighted by atomic mass is 10.1. The molecule has 5 nitrogen and oxygen atoms in total. The molecule has 1 unspecified atom stereocenters. The molecule has 2 N–H and O–H groups in total. The average Bonchev–Trinajstić information content (AvgIpc) is 3.00. The summed E-state index contributed by atoms with van der Waals surface area (Å²) in [6.07, 6.45) is 1.22. The molecule has 0 spiro atoms. The second kappa shape index (κ2) is 8.52. The third kappa shape index (κ3) is 4.93. The van der Waals surface area contributed by atoms with Crippen LogP contribution in [-0.4, -0.2) is 52.9 Å². The molecule has 0 radical (unpaired) electrons. The fourth-order valence-corrected chi connectivity index (χ4v) is 2.61. The highest BCUT2D eigenvalue weighted by Gasteiger charge is 2.22. The summed E-state index contributed by atoms with van der Waals surface area (Å²) in [4.78, 5) is 6.68. The summed E-state index contributed by atoms with van der Waals surface area (Å²) in [6.45, 7) is 4.65. The molecule has 5 heteroatoms. The summed E-state index contributed by atoms with van der Waals surface area (Å²) in [5.41, 5.74) is 1.32. The molecule has 1 fully saturated rings. The molecule has 1 saturated heterocycles. The van der Waals surface area contributed by atoms with Crippen molar-refractivity contribution in [3.8, 4) is 0 Å². The number of nitrogens with one attached hydrogen (secondary N) is 2. The first kappa shape index (κ1) is 15.6. The minimum absolute atomic E-state index is 0.659. The number of methoxy groups -OCH3 is 1. The smallest absolute Gasteiger partial charge is 0.191 e. The van der Waals surface area contributed by atoms with E-state index in [-0.39, 0.29) is 0 Å². The van der Waals surface area contributed by atoms with E-state index in [0.717, 1.165) is 32.1 Å². The Bertz CT molecular complexity index is 435. The van der Waals surface area contributed by atoms with Crippen LogP contribution in [0.5, 0.6) is 0 Å². The molecule has 0 bridgehead atoms. The van der Waals surface area contributed by atoms with Gasteiger partial charge in [-0.2, -0.15) is 0 Å². The standard InChI is InChI=1S/C16H26N4O/c1-17-16(18-9-11-21-2)19-12-14-8-10-20(13-14)15-6-4-3-5-7-15/h3-7,14H,8-13H2,1-2H3,(H2,17,18,19). The number of guanidine groups is 1. The Labute approximate surface area is 127 Å². The van der Waals surface area contributed by atoms with Gasteiger partial charge in [0.15, 0.2) is 5.96 Å². The van der Waals surface area contributed by atoms with Crippen molar-refractivity contribution >= 4 is 11.6 Å². The van der Waals surface area contributed by atoms with E-state index < -0.39 is 0 Å². The Morgan fingerprint density at radius 3 is 2.86 bits per heavy atom. The third-order valence-electron chi connectivity index (χ3n) is 3.79. The predicted molar refractivity (Wildman–Crippen MR) is 88.0 cm³/mol. The zero-order valence-electron chi connectivity index (χ0n) is 13.0. The summed E-state index contributed by atoms with van der Waals surface area (Å²) in [5.74, 6) is 1.51. The SMILES string of the molecule is CN=C(NCCOC)NCC1CCN(c2ccccc2)C1. The molecule has 0 amide bonds. The van der Waals surface area contributed by atoms with Crippen LogP contribution in [0.1, 0.15) is 6.42 Å². The Morgan fingerprint density at radius 1 is 1.33 bits per heavy atom. The summed E-state index contributed by atoms with van der Waals surface area (Å²) in [7, 11) is 3.50. The summed E-state index contributed by atoms with van der Waals surface area (Å²) < 4.78 is 5.03. The van der Waals surface area contributed by atoms with E-state index in [2.05, 4.69) is 50.9 Å². The van der Waals surface area contributed by atoms with Crippen molar-refractivity contribution in [3.05, 3.63) is 30.3 Å². The minimum Gasteiger partial charge on any atom is -0.383 e. The Balaban J connectivity index is 1.72. The van der Waals surface area contributed by atoms with Crippen LogP contribution in [0, 0.1) is 5.92 Å². The largest absolute Gasteiger partial charge is 0.383 e. The van der Waals surface area contributed by atoms with Crippen molar-refractivity contribution in [1.82, 2.24) is 10.6 Å². The Morgan fingerprint density at radius 2 is 2.14 bits per heavy atom. The van der Waals surface area contributed by atoms with Gasteiger partial charge in [-0.1, -0.05) is 18.2 Å². The first-order valence-electron chi connectivity index (χ1n) is 7.57. The lowest BCUT2D eigenvalue weighted by Crippen LogP contribution is -2.41. The van der Waals surface area contributed by atoms with Crippen LogP contribution >= 0.6 is 0 Å². The molecule has 0 saturated carbocycles. The number of para-hydroxylation sites is 1. The average molecular weight is 290 g/mol. The number of benzene rings is 1. The van der Waals surface area contributed by atoms with Crippen LogP contribution < -0.4 is 15.5 Å². The first-order valence-corrected chi connectivity index (χ1v) is 7.57. The van der Waals surface area contributed by atoms with Gasteiger partial charge in [-0.15, -0.1) is 0 Å². The number of rotatable bonds is 6. The van der Waals surface area contributed by atoms with E-state index in [1.807, 2.05) is 0 Å². The van der Waals surface area contributed by atoms with E-state index in [9.17, 15) is 0 Å². The van der Waals surface area contributed by atoms with Gasteiger partial charge in [0.25, 0.3) is 0 Å². The Kier molecular flexibility index (Phi) is 6.34. The lowest BCUT2D eigenvalue weighted by molar-refractivity contribution is 0.203. The van der Waals surface area contributed by atoms with Crippen LogP contribution in [0.25, 0.3) is 0 Å². The van der Waals surface area contributed by atoms with Gasteiger partial charge in [-0.3, -0.25) is 4.99 Å². The first-order chi connectivity index (χ1) is 10.3. The fourth-order valence-electron chi connectivity index (χ4n) is 2.61. The van der Waals surface area contributed by atoms with Crippen molar-refractivity contribution in [2.24, 2.45) is 10.9 Å². The van der Waals surface area contributed by atoms with Crippen LogP contribution in [0.15, 0.2) is 35.3 Å². The summed E-state index contributed by atoms with van der Waals surface area (Å²) in [5, 5.41) is 6.64. The van der Waals surface area contributed by atoms with Crippen molar-refractivity contribution < 1.29 is 4.74 Å². The summed E-state index contributed by atoms with van der Waals surface area (Å²) >= 11 is 0. The minimum atomic E-state index is 0.659. The van der Waals surface area contributed by atoms with E-state index in [1.54, 1.807) is 14.2 Å². The number of hydrogen-bond donors (Lipinski definition) is 2. The maximum Gasteiger partial charge on any atom is 0.191 e. The molecule has 1 aromatic rings. The van der Waals surface area contributed by atoms with E-state index in [4.69, 9.17) is 4.74 Å². The van der Waals surface area contributed by atoms with Gasteiger partial charge in [-0.05, 0) is 24.5 Å². The topological polar surface area (TPSA) is 48.9 Å². The zero-order chi connectivity index (χ0) is 14.9. The van der Waals surface area contributed by atoms with Crippen molar-refractivity contribution in [3.63, 3.8) is 0 Å². The number of ether oxygens (including phenoxy) is 1. The van der Waals surface area contributed by atoms with Gasteiger partial charge in [-0.25, -0.2) is 0 Å². The quantitative estimate of drug-likeness (QED) is 0.471. The predicted octanol–water partition coefficient (Wildman–Crippen LogP) is 1.32. The maximum atomic E-state index is 5.03. The van der Waals surface area contributed by atoms with Gasteiger partial charge in [0.1, 0.15) is 0 Å². The molecule has 1 aromatic carbocycles. The molecule has 0 aromatic heterocycles. The molecule has 2 rings (SSSR count). The van der Waals surface area contributed by atoms with Gasteiger partial charge in [0.05, 0.1) is 6.61 Å². The summed E-state index contributed by atoms with van der Waals surface area (Å²) in [6, 6.07) is 10.6.